The second-order valence-electron chi connectivity index (χ2n) is 3.89. The molecule has 90 valence electrons. The minimum atomic E-state index is 0.550. The van der Waals surface area contributed by atoms with Crippen LogP contribution in [0.25, 0.3) is 0 Å². The summed E-state index contributed by atoms with van der Waals surface area (Å²) >= 11 is 0. The van der Waals surface area contributed by atoms with E-state index >= 15 is 0 Å². The Morgan fingerprint density at radius 2 is 2.00 bits per heavy atom. The Morgan fingerprint density at radius 1 is 1.24 bits per heavy atom. The Balaban J connectivity index is 2.03. The van der Waals surface area contributed by atoms with Crippen molar-refractivity contribution in [3.63, 3.8) is 0 Å². The van der Waals surface area contributed by atoms with E-state index in [2.05, 4.69) is 12.0 Å². The van der Waals surface area contributed by atoms with Crippen molar-refractivity contribution in [3.05, 3.63) is 42.2 Å². The number of nitrogens with zero attached hydrogens (tertiary/aromatic N) is 2. The minimum Gasteiger partial charge on any atom is -0.454 e. The molecule has 1 heterocycles. The molecule has 0 aliphatic rings. The topological polar surface area (TPSA) is 53.1 Å². The zero-order valence-corrected chi connectivity index (χ0v) is 9.97. The molecule has 4 nitrogen and oxygen atoms in total. The van der Waals surface area contributed by atoms with Gasteiger partial charge in [-0.25, -0.2) is 0 Å². The molecule has 0 unspecified atom stereocenters. The molecule has 0 aliphatic carbocycles. The van der Waals surface area contributed by atoms with Gasteiger partial charge in [0.1, 0.15) is 5.75 Å². The number of aromatic nitrogens is 2. The first-order valence-corrected chi connectivity index (χ1v) is 5.81. The summed E-state index contributed by atoms with van der Waals surface area (Å²) in [5.41, 5.74) is 6.63. The van der Waals surface area contributed by atoms with Gasteiger partial charge in [-0.05, 0) is 24.1 Å². The lowest BCUT2D eigenvalue weighted by Crippen LogP contribution is -1.95. The number of ether oxygens (including phenoxy) is 1. The van der Waals surface area contributed by atoms with Crippen LogP contribution in [0.4, 0.5) is 0 Å². The molecule has 0 fully saturated rings. The molecule has 0 amide bonds. The molecular formula is C13H17N3O. The van der Waals surface area contributed by atoms with Gasteiger partial charge in [0.05, 0.1) is 12.4 Å². The Labute approximate surface area is 101 Å². The van der Waals surface area contributed by atoms with Crippen molar-refractivity contribution in [1.29, 1.82) is 0 Å². The van der Waals surface area contributed by atoms with Crippen molar-refractivity contribution in [1.82, 2.24) is 9.78 Å². The van der Waals surface area contributed by atoms with E-state index in [0.717, 1.165) is 30.0 Å². The predicted molar refractivity (Wildman–Crippen MR) is 66.9 cm³/mol. The quantitative estimate of drug-likeness (QED) is 0.860. The van der Waals surface area contributed by atoms with Crippen LogP contribution in [0.1, 0.15) is 18.9 Å². The summed E-state index contributed by atoms with van der Waals surface area (Å²) in [5.74, 6) is 1.57. The van der Waals surface area contributed by atoms with E-state index in [0.29, 0.717) is 6.54 Å². The summed E-state index contributed by atoms with van der Waals surface area (Å²) in [7, 11) is 0. The third-order valence-corrected chi connectivity index (χ3v) is 2.46. The first kappa shape index (κ1) is 11.7. The van der Waals surface area contributed by atoms with E-state index in [9.17, 15) is 0 Å². The first-order valence-electron chi connectivity index (χ1n) is 5.81. The minimum absolute atomic E-state index is 0.550. The average molecular weight is 231 g/mol. The Morgan fingerprint density at radius 3 is 2.65 bits per heavy atom. The molecule has 0 aliphatic heterocycles. The SMILES string of the molecule is CCCn1cc(Oc2ccc(CN)cc2)cn1. The van der Waals surface area contributed by atoms with Crippen LogP contribution in [0.3, 0.4) is 0 Å². The lowest BCUT2D eigenvalue weighted by molar-refractivity contribution is 0.480. The molecule has 0 spiro atoms. The molecule has 2 rings (SSSR count). The fourth-order valence-electron chi connectivity index (χ4n) is 1.58. The normalized spacial score (nSPS) is 10.5. The lowest BCUT2D eigenvalue weighted by Gasteiger charge is -2.03. The van der Waals surface area contributed by atoms with E-state index in [4.69, 9.17) is 10.5 Å². The van der Waals surface area contributed by atoms with Gasteiger partial charge in [-0.1, -0.05) is 19.1 Å². The van der Waals surface area contributed by atoms with E-state index in [1.807, 2.05) is 35.1 Å². The molecule has 1 aromatic heterocycles. The maximum Gasteiger partial charge on any atom is 0.165 e. The molecule has 2 aromatic rings. The highest BCUT2D eigenvalue weighted by atomic mass is 16.5. The monoisotopic (exact) mass is 231 g/mol. The molecule has 2 N–H and O–H groups in total. The average Bonchev–Trinajstić information content (AvgIpc) is 2.78. The van der Waals surface area contributed by atoms with Crippen LogP contribution in [-0.4, -0.2) is 9.78 Å². The number of hydrogen-bond donors (Lipinski definition) is 1. The molecule has 4 heteroatoms. The molecule has 0 atom stereocenters. The maximum absolute atomic E-state index is 5.68. The highest BCUT2D eigenvalue weighted by Crippen LogP contribution is 2.20. The van der Waals surface area contributed by atoms with E-state index in [1.54, 1.807) is 6.20 Å². The number of benzene rings is 1. The molecule has 1 aromatic carbocycles. The van der Waals surface area contributed by atoms with Crippen molar-refractivity contribution in [2.24, 2.45) is 5.73 Å². The van der Waals surface area contributed by atoms with Crippen LogP contribution in [0, 0.1) is 0 Å². The second-order valence-corrected chi connectivity index (χ2v) is 3.89. The standard InChI is InChI=1S/C13H17N3O/c1-2-7-16-10-13(9-15-16)17-12-5-3-11(8-14)4-6-12/h3-6,9-10H,2,7-8,14H2,1H3. The van der Waals surface area contributed by atoms with E-state index in [-0.39, 0.29) is 0 Å². The van der Waals surface area contributed by atoms with Gasteiger partial charge in [0.25, 0.3) is 0 Å². The molecular weight excluding hydrogens is 214 g/mol. The second kappa shape index (κ2) is 5.50. The van der Waals surface area contributed by atoms with Gasteiger partial charge >= 0.3 is 0 Å². The van der Waals surface area contributed by atoms with Crippen LogP contribution in [0.2, 0.25) is 0 Å². The maximum atomic E-state index is 5.68. The van der Waals surface area contributed by atoms with Gasteiger partial charge in [0.15, 0.2) is 5.75 Å². The van der Waals surface area contributed by atoms with Crippen LogP contribution in [0.5, 0.6) is 11.5 Å². The summed E-state index contributed by atoms with van der Waals surface area (Å²) in [4.78, 5) is 0. The molecule has 17 heavy (non-hydrogen) atoms. The third kappa shape index (κ3) is 3.07. The smallest absolute Gasteiger partial charge is 0.165 e. The van der Waals surface area contributed by atoms with Gasteiger partial charge in [-0.3, -0.25) is 4.68 Å². The van der Waals surface area contributed by atoms with Gasteiger partial charge in [0.2, 0.25) is 0 Å². The lowest BCUT2D eigenvalue weighted by atomic mass is 10.2. The van der Waals surface area contributed by atoms with Crippen molar-refractivity contribution >= 4 is 0 Å². The summed E-state index contributed by atoms with van der Waals surface area (Å²) in [6, 6.07) is 7.76. The number of nitrogens with two attached hydrogens (primary N) is 1. The van der Waals surface area contributed by atoms with Crippen LogP contribution in [0.15, 0.2) is 36.7 Å². The predicted octanol–water partition coefficient (Wildman–Crippen LogP) is 2.54. The van der Waals surface area contributed by atoms with Crippen LogP contribution < -0.4 is 10.5 Å². The molecule has 0 saturated heterocycles. The zero-order chi connectivity index (χ0) is 12.1. The number of rotatable bonds is 5. The van der Waals surface area contributed by atoms with Crippen molar-refractivity contribution in [2.75, 3.05) is 0 Å². The third-order valence-electron chi connectivity index (χ3n) is 2.46. The largest absolute Gasteiger partial charge is 0.454 e. The van der Waals surface area contributed by atoms with Gasteiger partial charge < -0.3 is 10.5 Å². The molecule has 0 saturated carbocycles. The number of aryl methyl sites for hydroxylation is 1. The molecule has 0 bridgehead atoms. The fourth-order valence-corrected chi connectivity index (χ4v) is 1.58. The van der Waals surface area contributed by atoms with Crippen molar-refractivity contribution in [3.8, 4) is 11.5 Å². The van der Waals surface area contributed by atoms with Gasteiger partial charge in [-0.15, -0.1) is 0 Å². The summed E-state index contributed by atoms with van der Waals surface area (Å²) in [6.07, 6.45) is 4.69. The zero-order valence-electron chi connectivity index (χ0n) is 9.97. The fraction of sp³-hybridized carbons (Fsp3) is 0.308. The highest BCUT2D eigenvalue weighted by Gasteiger charge is 2.00. The first-order chi connectivity index (χ1) is 8.31. The highest BCUT2D eigenvalue weighted by molar-refractivity contribution is 5.31. The van der Waals surface area contributed by atoms with Crippen molar-refractivity contribution in [2.45, 2.75) is 26.4 Å². The summed E-state index contributed by atoms with van der Waals surface area (Å²) < 4.78 is 7.56. The number of hydrogen-bond acceptors (Lipinski definition) is 3. The van der Waals surface area contributed by atoms with E-state index in [1.165, 1.54) is 0 Å². The molecule has 0 radical (unpaired) electrons. The Kier molecular flexibility index (Phi) is 3.77. The summed E-state index contributed by atoms with van der Waals surface area (Å²) in [6.45, 7) is 3.58. The van der Waals surface area contributed by atoms with Crippen LogP contribution in [-0.2, 0) is 13.1 Å². The summed E-state index contributed by atoms with van der Waals surface area (Å²) in [5, 5.41) is 4.21. The van der Waals surface area contributed by atoms with Gasteiger partial charge in [-0.2, -0.15) is 5.10 Å². The van der Waals surface area contributed by atoms with E-state index < -0.39 is 0 Å². The van der Waals surface area contributed by atoms with Crippen molar-refractivity contribution < 1.29 is 4.74 Å². The van der Waals surface area contributed by atoms with Crippen LogP contribution >= 0.6 is 0 Å². The van der Waals surface area contributed by atoms with Gasteiger partial charge in [0, 0.05) is 13.1 Å². The Bertz CT molecular complexity index is 462. The Hall–Kier alpha value is -1.81.